The summed E-state index contributed by atoms with van der Waals surface area (Å²) in [4.78, 5) is 1.86. The maximum absolute atomic E-state index is 9.43. The summed E-state index contributed by atoms with van der Waals surface area (Å²) in [6.07, 6.45) is 0. The van der Waals surface area contributed by atoms with Crippen molar-refractivity contribution in [1.29, 1.82) is 0 Å². The quantitative estimate of drug-likeness (QED) is 0.154. The summed E-state index contributed by atoms with van der Waals surface area (Å²) >= 11 is 0. The Morgan fingerprint density at radius 1 is 0.283 bits per heavy atom. The summed E-state index contributed by atoms with van der Waals surface area (Å²) in [7, 11) is 0. The van der Waals surface area contributed by atoms with E-state index < -0.39 is 0 Å². The summed E-state index contributed by atoms with van der Waals surface area (Å²) in [5, 5.41) is 2.26. The lowest BCUT2D eigenvalue weighted by Crippen LogP contribution is -2.10. The Hall–Kier alpha value is -6.96. The monoisotopic (exact) mass is 679 g/mol. The molecule has 0 saturated heterocycles. The molecule has 0 aliphatic heterocycles. The van der Waals surface area contributed by atoms with Crippen LogP contribution in [0.25, 0.3) is 66.4 Å². The average molecular weight is 680 g/mol. The molecular formula is C52H37N. The number of nitrogens with zero attached hydrogens (tertiary/aromatic N) is 1. The van der Waals surface area contributed by atoms with Gasteiger partial charge in [0.05, 0.1) is 5.48 Å². The van der Waals surface area contributed by atoms with Gasteiger partial charge in [0.25, 0.3) is 0 Å². The first kappa shape index (κ1) is 27.7. The van der Waals surface area contributed by atoms with E-state index in [9.17, 15) is 5.48 Å². The molecule has 0 aliphatic rings. The summed E-state index contributed by atoms with van der Waals surface area (Å²) in [6.45, 7) is 0. The Balaban J connectivity index is 1.21. The number of fused-ring (bicyclic) bond motifs is 1. The van der Waals surface area contributed by atoms with Gasteiger partial charge < -0.3 is 4.90 Å². The van der Waals surface area contributed by atoms with E-state index in [2.05, 4.69) is 121 Å². The third kappa shape index (κ3) is 6.65. The Morgan fingerprint density at radius 2 is 0.755 bits per heavy atom. The molecule has 0 bridgehead atoms. The van der Waals surface area contributed by atoms with Gasteiger partial charge >= 0.3 is 0 Å². The SMILES string of the molecule is [2H]c1c([2H])c(N(c2ccc(-c3cc(-c4ccccc4)cc(-c4ccccc4)c3)cc2)c2cccc(-c3cccc4ccccc34)c2)c([2H])c([2H])c1-c1ccccc1. The molecule has 9 rings (SSSR count). The Labute approximate surface area is 317 Å². The number of hydrogen-bond donors (Lipinski definition) is 0. The van der Waals surface area contributed by atoms with Crippen molar-refractivity contribution in [2.24, 2.45) is 0 Å². The maximum Gasteiger partial charge on any atom is 0.0645 e. The average Bonchev–Trinajstić information content (AvgIpc) is 3.28. The predicted octanol–water partition coefficient (Wildman–Crippen LogP) is 14.6. The molecular weight excluding hydrogens is 639 g/mol. The molecule has 0 amide bonds. The van der Waals surface area contributed by atoms with E-state index >= 15 is 0 Å². The Kier molecular flexibility index (Phi) is 7.50. The van der Waals surface area contributed by atoms with Gasteiger partial charge in [0, 0.05) is 17.1 Å². The minimum atomic E-state index is -0.113. The minimum Gasteiger partial charge on any atom is -0.310 e. The fourth-order valence-corrected chi connectivity index (χ4v) is 7.06. The van der Waals surface area contributed by atoms with Gasteiger partial charge in [0.15, 0.2) is 0 Å². The highest BCUT2D eigenvalue weighted by atomic mass is 15.1. The summed E-state index contributed by atoms with van der Waals surface area (Å²) in [5.41, 5.74) is 11.2. The highest BCUT2D eigenvalue weighted by Gasteiger charge is 2.16. The van der Waals surface area contributed by atoms with Crippen LogP contribution in [0.1, 0.15) is 5.48 Å². The van der Waals surface area contributed by atoms with E-state index in [4.69, 9.17) is 0 Å². The van der Waals surface area contributed by atoms with Crippen LogP contribution in [-0.4, -0.2) is 0 Å². The van der Waals surface area contributed by atoms with Crippen molar-refractivity contribution >= 4 is 27.8 Å². The van der Waals surface area contributed by atoms with Gasteiger partial charge in [-0.3, -0.25) is 0 Å². The smallest absolute Gasteiger partial charge is 0.0645 e. The van der Waals surface area contributed by atoms with Crippen molar-refractivity contribution < 1.29 is 5.48 Å². The van der Waals surface area contributed by atoms with Crippen LogP contribution in [0.4, 0.5) is 17.1 Å². The minimum absolute atomic E-state index is 0.0878. The lowest BCUT2D eigenvalue weighted by atomic mass is 9.93. The van der Waals surface area contributed by atoms with E-state index in [1.165, 1.54) is 0 Å². The zero-order chi connectivity index (χ0) is 38.9. The molecule has 53 heavy (non-hydrogen) atoms. The van der Waals surface area contributed by atoms with Crippen LogP contribution in [0.2, 0.25) is 0 Å². The highest BCUT2D eigenvalue weighted by molar-refractivity contribution is 5.97. The van der Waals surface area contributed by atoms with Crippen LogP contribution in [0.3, 0.4) is 0 Å². The molecule has 0 aliphatic carbocycles. The summed E-state index contributed by atoms with van der Waals surface area (Å²) < 4.78 is 37.3. The van der Waals surface area contributed by atoms with Crippen molar-refractivity contribution in [2.75, 3.05) is 4.90 Å². The van der Waals surface area contributed by atoms with Gasteiger partial charge in [0.2, 0.25) is 0 Å². The fraction of sp³-hybridized carbons (Fsp3) is 0. The van der Waals surface area contributed by atoms with Gasteiger partial charge in [-0.25, -0.2) is 0 Å². The molecule has 0 fully saturated rings. The first-order chi connectivity index (χ1) is 27.9. The largest absolute Gasteiger partial charge is 0.310 e. The third-order valence-electron chi connectivity index (χ3n) is 9.71. The second kappa shape index (κ2) is 14.3. The second-order valence-electron chi connectivity index (χ2n) is 13.1. The Morgan fingerprint density at radius 3 is 1.36 bits per heavy atom. The first-order valence-corrected chi connectivity index (χ1v) is 17.8. The van der Waals surface area contributed by atoms with Crippen molar-refractivity contribution in [3.63, 3.8) is 0 Å². The molecule has 9 aromatic carbocycles. The predicted molar refractivity (Wildman–Crippen MR) is 226 cm³/mol. The van der Waals surface area contributed by atoms with E-state index in [1.54, 1.807) is 0 Å². The van der Waals surface area contributed by atoms with Gasteiger partial charge in [-0.1, -0.05) is 170 Å². The van der Waals surface area contributed by atoms with Crippen LogP contribution in [0, 0.1) is 0 Å². The van der Waals surface area contributed by atoms with E-state index in [0.29, 0.717) is 11.3 Å². The zero-order valence-corrected chi connectivity index (χ0v) is 29.0. The lowest BCUT2D eigenvalue weighted by molar-refractivity contribution is 1.28. The molecule has 0 unspecified atom stereocenters. The maximum atomic E-state index is 9.43. The van der Waals surface area contributed by atoms with Crippen molar-refractivity contribution in [3.05, 3.63) is 224 Å². The molecule has 0 atom stereocenters. The number of anilines is 3. The second-order valence-corrected chi connectivity index (χ2v) is 13.1. The zero-order valence-electron chi connectivity index (χ0n) is 33.0. The van der Waals surface area contributed by atoms with Gasteiger partial charge in [-0.2, -0.15) is 0 Å². The molecule has 9 aromatic rings. The number of rotatable bonds is 8. The third-order valence-corrected chi connectivity index (χ3v) is 9.71. The molecule has 1 nitrogen and oxygen atoms in total. The van der Waals surface area contributed by atoms with Crippen molar-refractivity contribution in [3.8, 4) is 55.6 Å². The van der Waals surface area contributed by atoms with Crippen LogP contribution >= 0.6 is 0 Å². The van der Waals surface area contributed by atoms with E-state index in [1.807, 2.05) is 83.8 Å². The molecule has 0 radical (unpaired) electrons. The molecule has 1 heteroatoms. The van der Waals surface area contributed by atoms with Crippen molar-refractivity contribution in [2.45, 2.75) is 0 Å². The topological polar surface area (TPSA) is 3.24 Å². The van der Waals surface area contributed by atoms with Crippen molar-refractivity contribution in [1.82, 2.24) is 0 Å². The molecule has 0 N–H and O–H groups in total. The molecule has 250 valence electrons. The van der Waals surface area contributed by atoms with Crippen LogP contribution in [-0.2, 0) is 0 Å². The van der Waals surface area contributed by atoms with Gasteiger partial charge in [0.1, 0.15) is 0 Å². The molecule has 0 aromatic heterocycles. The standard InChI is InChI=1S/C52H37N/c1-4-14-38(15-5-1)41-26-30-48(31-27-41)53(50-23-12-22-44(37-50)52-25-13-21-43-20-10-11-24-51(43)52)49-32-28-42(29-33-49)47-35-45(39-16-6-2-7-17-39)34-46(36-47)40-18-8-3-9-19-40/h1-37H/i26D,27D,30D,31D. The van der Waals surface area contributed by atoms with Gasteiger partial charge in [-0.15, -0.1) is 0 Å². The van der Waals surface area contributed by atoms with Crippen LogP contribution in [0.15, 0.2) is 224 Å². The summed E-state index contributed by atoms with van der Waals surface area (Å²) in [6, 6.07) is 67.1. The number of benzene rings is 9. The number of hydrogen-bond acceptors (Lipinski definition) is 1. The van der Waals surface area contributed by atoms with Crippen LogP contribution < -0.4 is 4.90 Å². The van der Waals surface area contributed by atoms with Crippen LogP contribution in [0.5, 0.6) is 0 Å². The fourth-order valence-electron chi connectivity index (χ4n) is 7.06. The Bertz CT molecular complexity index is 2780. The highest BCUT2D eigenvalue weighted by Crippen LogP contribution is 2.40. The normalized spacial score (nSPS) is 12.1. The molecule has 0 saturated carbocycles. The lowest BCUT2D eigenvalue weighted by Gasteiger charge is -2.26. The summed E-state index contributed by atoms with van der Waals surface area (Å²) in [5.74, 6) is 0. The van der Waals surface area contributed by atoms with E-state index in [0.717, 1.165) is 61.0 Å². The van der Waals surface area contributed by atoms with Gasteiger partial charge in [-0.05, 0) is 121 Å². The molecule has 0 spiro atoms. The molecule has 0 heterocycles. The first-order valence-electron chi connectivity index (χ1n) is 19.8. The van der Waals surface area contributed by atoms with E-state index in [-0.39, 0.29) is 35.4 Å².